The van der Waals surface area contributed by atoms with E-state index in [0.717, 1.165) is 43.9 Å². The van der Waals surface area contributed by atoms with Gasteiger partial charge in [-0.05, 0) is 34.9 Å². The van der Waals surface area contributed by atoms with Gasteiger partial charge in [0.1, 0.15) is 0 Å². The van der Waals surface area contributed by atoms with Crippen molar-refractivity contribution in [1.29, 1.82) is 0 Å². The first-order valence-corrected chi connectivity index (χ1v) is 12.2. The highest BCUT2D eigenvalue weighted by Gasteiger charge is 2.31. The van der Waals surface area contributed by atoms with Crippen molar-refractivity contribution < 1.29 is 31.1 Å². The highest BCUT2D eigenvalue weighted by Crippen LogP contribution is 2.30. The Labute approximate surface area is 217 Å². The number of hydrogen-bond acceptors (Lipinski definition) is 4. The number of alkyl halides is 6. The molecule has 0 aromatic heterocycles. The summed E-state index contributed by atoms with van der Waals surface area (Å²) in [4.78, 5) is 16.6. The van der Waals surface area contributed by atoms with Crippen LogP contribution < -0.4 is 5.32 Å². The quantitative estimate of drug-likeness (QED) is 0.319. The number of carbonyl (C=O) groups is 1. The predicted molar refractivity (Wildman–Crippen MR) is 129 cm³/mol. The molecule has 0 bridgehead atoms. The van der Waals surface area contributed by atoms with Crippen LogP contribution in [0.5, 0.6) is 0 Å². The van der Waals surface area contributed by atoms with Crippen LogP contribution in [0.25, 0.3) is 0 Å². The van der Waals surface area contributed by atoms with E-state index in [9.17, 15) is 31.1 Å². The summed E-state index contributed by atoms with van der Waals surface area (Å²) in [6, 6.07) is 10.9. The number of halogens is 7. The third-order valence-electron chi connectivity index (χ3n) is 6.15. The maximum Gasteiger partial charge on any atom is 0.416 e. The van der Waals surface area contributed by atoms with Gasteiger partial charge in [-0.1, -0.05) is 36.4 Å². The zero-order valence-corrected chi connectivity index (χ0v) is 20.8. The van der Waals surface area contributed by atoms with Gasteiger partial charge in [-0.2, -0.15) is 26.3 Å². The highest BCUT2D eigenvalue weighted by atomic mass is 35.5. The Balaban J connectivity index is 0.000000208. The third kappa shape index (κ3) is 9.48. The Kier molecular flexibility index (Phi) is 10.2. The Morgan fingerprint density at radius 3 is 1.57 bits per heavy atom. The molecule has 0 radical (unpaired) electrons. The van der Waals surface area contributed by atoms with Crippen LogP contribution in [0.3, 0.4) is 0 Å². The molecule has 12 heteroatoms. The fourth-order valence-corrected chi connectivity index (χ4v) is 4.33. The average Bonchev–Trinajstić information content (AvgIpc) is 2.85. The number of amides is 1. The lowest BCUT2D eigenvalue weighted by molar-refractivity contribution is -0.138. The Morgan fingerprint density at radius 1 is 0.730 bits per heavy atom. The number of carbonyl (C=O) groups excluding carboxylic acids is 1. The van der Waals surface area contributed by atoms with Crippen LogP contribution in [-0.2, 0) is 25.4 Å². The van der Waals surface area contributed by atoms with Gasteiger partial charge in [0.15, 0.2) is 0 Å². The lowest BCUT2D eigenvalue weighted by Crippen LogP contribution is -2.46. The van der Waals surface area contributed by atoms with Crippen LogP contribution >= 0.6 is 11.6 Å². The highest BCUT2D eigenvalue weighted by molar-refractivity contribution is 6.62. The molecule has 0 atom stereocenters. The van der Waals surface area contributed by atoms with Crippen LogP contribution in [0, 0.1) is 0 Å². The van der Waals surface area contributed by atoms with Crippen molar-refractivity contribution in [2.45, 2.75) is 25.4 Å². The largest absolute Gasteiger partial charge is 0.416 e. The molecular weight excluding hydrogens is 522 g/mol. The third-order valence-corrected chi connectivity index (χ3v) is 6.39. The molecule has 5 nitrogen and oxygen atoms in total. The van der Waals surface area contributed by atoms with Crippen molar-refractivity contribution >= 4 is 17.0 Å². The van der Waals surface area contributed by atoms with Crippen LogP contribution in [0.2, 0.25) is 0 Å². The van der Waals surface area contributed by atoms with E-state index in [0.29, 0.717) is 44.8 Å². The Morgan fingerprint density at radius 2 is 1.16 bits per heavy atom. The molecule has 2 aliphatic heterocycles. The monoisotopic (exact) mass is 550 g/mol. The fourth-order valence-electron chi connectivity index (χ4n) is 4.16. The first-order valence-electron chi connectivity index (χ1n) is 11.8. The van der Waals surface area contributed by atoms with Gasteiger partial charge in [0.05, 0.1) is 11.1 Å². The zero-order valence-electron chi connectivity index (χ0n) is 20.1. The molecule has 2 saturated heterocycles. The first-order chi connectivity index (χ1) is 17.4. The van der Waals surface area contributed by atoms with Gasteiger partial charge in [-0.25, -0.2) is 0 Å². The number of rotatable bonds is 4. The van der Waals surface area contributed by atoms with Crippen molar-refractivity contribution in [2.75, 3.05) is 52.4 Å². The minimum absolute atomic E-state index is 0.439. The molecule has 37 heavy (non-hydrogen) atoms. The zero-order chi connectivity index (χ0) is 27.1. The summed E-state index contributed by atoms with van der Waals surface area (Å²) in [7, 11) is 0. The smallest absolute Gasteiger partial charge is 0.327 e. The van der Waals surface area contributed by atoms with E-state index in [2.05, 4.69) is 10.2 Å². The molecule has 0 saturated carbocycles. The Hall–Kier alpha value is -2.34. The van der Waals surface area contributed by atoms with Crippen LogP contribution in [0.15, 0.2) is 48.5 Å². The second kappa shape index (κ2) is 12.9. The molecule has 4 rings (SSSR count). The molecule has 2 aromatic rings. The van der Waals surface area contributed by atoms with Crippen molar-refractivity contribution in [3.05, 3.63) is 70.8 Å². The second-order valence-electron chi connectivity index (χ2n) is 8.94. The maximum absolute atomic E-state index is 12.6. The summed E-state index contributed by atoms with van der Waals surface area (Å²) in [5.41, 5.74) is 0.141. The number of nitrogens with zero attached hydrogens (tertiary/aromatic N) is 3. The molecule has 2 fully saturated rings. The maximum atomic E-state index is 12.6. The topological polar surface area (TPSA) is 38.8 Å². The normalized spacial score (nSPS) is 17.8. The minimum atomic E-state index is -4.32. The summed E-state index contributed by atoms with van der Waals surface area (Å²) in [6.45, 7) is 6.82. The fraction of sp³-hybridized carbons (Fsp3) is 0.480. The van der Waals surface area contributed by atoms with Crippen LogP contribution in [0.4, 0.5) is 31.1 Å². The average molecular weight is 551 g/mol. The van der Waals surface area contributed by atoms with Crippen molar-refractivity contribution in [3.8, 4) is 0 Å². The molecule has 0 unspecified atom stereocenters. The van der Waals surface area contributed by atoms with E-state index >= 15 is 0 Å². The van der Waals surface area contributed by atoms with Gasteiger partial charge >= 0.3 is 17.7 Å². The molecule has 204 valence electrons. The van der Waals surface area contributed by atoms with Gasteiger partial charge in [-0.15, -0.1) is 0 Å². The molecular formula is C25H29ClF6N4O. The number of hydrogen-bond donors (Lipinski definition) is 1. The van der Waals surface area contributed by atoms with Gasteiger partial charge < -0.3 is 10.2 Å². The van der Waals surface area contributed by atoms with E-state index in [1.807, 2.05) is 4.90 Å². The summed E-state index contributed by atoms with van der Waals surface area (Å²) in [5, 5.41) is 2.73. The molecule has 1 N–H and O–H groups in total. The number of nitrogens with one attached hydrogen (secondary N) is 1. The van der Waals surface area contributed by atoms with Gasteiger partial charge in [0.25, 0.3) is 0 Å². The van der Waals surface area contributed by atoms with Crippen molar-refractivity contribution in [2.24, 2.45) is 0 Å². The molecule has 2 aliphatic rings. The van der Waals surface area contributed by atoms with Gasteiger partial charge in [0, 0.05) is 65.4 Å². The van der Waals surface area contributed by atoms with E-state index in [1.165, 1.54) is 29.2 Å². The SMILES string of the molecule is FC(F)(F)c1cccc(CN2CCNCC2)c1.O=C(Cl)N1CCN(Cc2cccc(C(F)(F)F)c2)CC1. The molecule has 2 heterocycles. The molecule has 2 aromatic carbocycles. The van der Waals surface area contributed by atoms with Gasteiger partial charge in [0.2, 0.25) is 0 Å². The molecule has 0 spiro atoms. The lowest BCUT2D eigenvalue weighted by atomic mass is 10.1. The van der Waals surface area contributed by atoms with E-state index in [4.69, 9.17) is 11.6 Å². The van der Waals surface area contributed by atoms with Crippen molar-refractivity contribution in [3.63, 3.8) is 0 Å². The second-order valence-corrected chi connectivity index (χ2v) is 9.26. The van der Waals surface area contributed by atoms with Crippen molar-refractivity contribution in [1.82, 2.24) is 20.0 Å². The minimum Gasteiger partial charge on any atom is -0.327 e. The lowest BCUT2D eigenvalue weighted by Gasteiger charge is -2.33. The summed E-state index contributed by atoms with van der Waals surface area (Å²) >= 11 is 5.38. The van der Waals surface area contributed by atoms with Crippen LogP contribution in [0.1, 0.15) is 22.3 Å². The number of piperazine rings is 2. The van der Waals surface area contributed by atoms with E-state index in [1.54, 1.807) is 12.1 Å². The van der Waals surface area contributed by atoms with E-state index in [-0.39, 0.29) is 0 Å². The van der Waals surface area contributed by atoms with E-state index < -0.39 is 28.8 Å². The first kappa shape index (κ1) is 29.2. The number of benzene rings is 2. The molecule has 1 amide bonds. The molecule has 0 aliphatic carbocycles. The van der Waals surface area contributed by atoms with Gasteiger partial charge in [-0.3, -0.25) is 14.6 Å². The summed E-state index contributed by atoms with van der Waals surface area (Å²) < 4.78 is 75.4. The van der Waals surface area contributed by atoms with Crippen LogP contribution in [-0.4, -0.2) is 72.4 Å². The summed E-state index contributed by atoms with van der Waals surface area (Å²) in [6.07, 6.45) is -8.57. The standard InChI is InChI=1S/C13H14ClF3N2O.C12H15F3N2/c14-12(20)19-6-4-18(5-7-19)9-10-2-1-3-11(8-10)13(15,16)17;13-12(14,15)11-3-1-2-10(8-11)9-17-6-4-16-5-7-17/h1-3,8H,4-7,9H2;1-3,8,16H,4-7,9H2. The Bertz CT molecular complexity index is 1020. The summed E-state index contributed by atoms with van der Waals surface area (Å²) in [5.74, 6) is 0. The predicted octanol–water partition coefficient (Wildman–Crippen LogP) is 5.29.